The minimum Gasteiger partial charge on any atom is -0.306 e. The van der Waals surface area contributed by atoms with Crippen LogP contribution in [0.5, 0.6) is 0 Å². The number of hydrogen-bond donors (Lipinski definition) is 1. The lowest BCUT2D eigenvalue weighted by molar-refractivity contribution is 0.102. The molecular weight excluding hydrogens is 334 g/mol. The molecule has 122 valence electrons. The van der Waals surface area contributed by atoms with Crippen LogP contribution in [0.1, 0.15) is 42.4 Å². The Labute approximate surface area is 142 Å². The van der Waals surface area contributed by atoms with Crippen LogP contribution in [0.4, 0.5) is 5.82 Å². The SMILES string of the molecule is CC(C)(C)n1nc2c(c1NC(=O)c1cccc(Cl)c1)C[S@](=O)C2. The molecule has 0 fully saturated rings. The van der Waals surface area contributed by atoms with Gasteiger partial charge in [-0.05, 0) is 39.0 Å². The number of carbonyl (C=O) groups is 1. The third kappa shape index (κ3) is 3.19. The number of hydrogen-bond acceptors (Lipinski definition) is 3. The van der Waals surface area contributed by atoms with Crippen LogP contribution in [0, 0.1) is 0 Å². The maximum absolute atomic E-state index is 12.5. The highest BCUT2D eigenvalue weighted by Gasteiger charge is 2.31. The minimum atomic E-state index is -0.945. The Morgan fingerprint density at radius 1 is 1.35 bits per heavy atom. The van der Waals surface area contributed by atoms with Gasteiger partial charge in [0.1, 0.15) is 5.82 Å². The molecule has 1 N–H and O–H groups in total. The van der Waals surface area contributed by atoms with Gasteiger partial charge in [-0.15, -0.1) is 0 Å². The monoisotopic (exact) mass is 351 g/mol. The largest absolute Gasteiger partial charge is 0.306 e. The van der Waals surface area contributed by atoms with Crippen LogP contribution < -0.4 is 5.32 Å². The highest BCUT2D eigenvalue weighted by Crippen LogP contribution is 2.33. The van der Waals surface area contributed by atoms with E-state index in [1.165, 1.54) is 0 Å². The smallest absolute Gasteiger partial charge is 0.256 e. The van der Waals surface area contributed by atoms with Crippen LogP contribution in [-0.2, 0) is 27.8 Å². The number of fused-ring (bicyclic) bond motifs is 1. The Hall–Kier alpha value is -1.66. The number of carbonyl (C=O) groups excluding carboxylic acids is 1. The number of aromatic nitrogens is 2. The molecule has 1 aromatic carbocycles. The van der Waals surface area contributed by atoms with Crippen molar-refractivity contribution < 1.29 is 9.00 Å². The maximum Gasteiger partial charge on any atom is 0.256 e. The van der Waals surface area contributed by atoms with Crippen molar-refractivity contribution in [3.05, 3.63) is 46.1 Å². The first kappa shape index (κ1) is 16.2. The molecule has 5 nitrogen and oxygen atoms in total. The van der Waals surface area contributed by atoms with Gasteiger partial charge >= 0.3 is 0 Å². The summed E-state index contributed by atoms with van der Waals surface area (Å²) in [7, 11) is -0.945. The second-order valence-electron chi connectivity index (χ2n) is 6.55. The van der Waals surface area contributed by atoms with Gasteiger partial charge in [-0.25, -0.2) is 4.68 Å². The fraction of sp³-hybridized carbons (Fsp3) is 0.375. The quantitative estimate of drug-likeness (QED) is 0.902. The number of amides is 1. The number of nitrogens with one attached hydrogen (secondary N) is 1. The number of halogens is 1. The Bertz CT molecular complexity index is 808. The van der Waals surface area contributed by atoms with Gasteiger partial charge in [0, 0.05) is 26.9 Å². The van der Waals surface area contributed by atoms with Gasteiger partial charge in [0.25, 0.3) is 5.91 Å². The molecule has 0 spiro atoms. The highest BCUT2D eigenvalue weighted by molar-refractivity contribution is 7.83. The van der Waals surface area contributed by atoms with Crippen molar-refractivity contribution in [2.24, 2.45) is 0 Å². The average molecular weight is 352 g/mol. The molecule has 0 saturated carbocycles. The van der Waals surface area contributed by atoms with E-state index in [0.29, 0.717) is 27.9 Å². The van der Waals surface area contributed by atoms with Gasteiger partial charge in [0.15, 0.2) is 0 Å². The van der Waals surface area contributed by atoms with E-state index in [1.807, 2.05) is 20.8 Å². The summed E-state index contributed by atoms with van der Waals surface area (Å²) in [5.41, 5.74) is 1.86. The minimum absolute atomic E-state index is 0.251. The second-order valence-corrected chi connectivity index (χ2v) is 8.44. The molecule has 0 saturated heterocycles. The summed E-state index contributed by atoms with van der Waals surface area (Å²) in [6.07, 6.45) is 0. The molecule has 0 radical (unpaired) electrons. The van der Waals surface area contributed by atoms with Crippen molar-refractivity contribution in [2.75, 3.05) is 5.32 Å². The van der Waals surface area contributed by atoms with Gasteiger partial charge in [0.2, 0.25) is 0 Å². The molecule has 1 atom stereocenters. The van der Waals surface area contributed by atoms with E-state index in [1.54, 1.807) is 28.9 Å². The fourth-order valence-corrected chi connectivity index (χ4v) is 4.01. The van der Waals surface area contributed by atoms with Crippen molar-refractivity contribution >= 4 is 34.1 Å². The van der Waals surface area contributed by atoms with Crippen molar-refractivity contribution in [3.8, 4) is 0 Å². The summed E-state index contributed by atoms with van der Waals surface area (Å²) in [6, 6.07) is 6.78. The highest BCUT2D eigenvalue weighted by atomic mass is 35.5. The second kappa shape index (κ2) is 5.76. The van der Waals surface area contributed by atoms with Gasteiger partial charge in [0.05, 0.1) is 22.7 Å². The molecule has 0 aliphatic carbocycles. The first-order valence-electron chi connectivity index (χ1n) is 7.29. The molecule has 1 aliphatic rings. The molecule has 2 heterocycles. The molecule has 0 bridgehead atoms. The van der Waals surface area contributed by atoms with E-state index in [0.717, 1.165) is 11.3 Å². The zero-order chi connectivity index (χ0) is 16.8. The predicted molar refractivity (Wildman–Crippen MR) is 92.2 cm³/mol. The van der Waals surface area contributed by atoms with Crippen molar-refractivity contribution in [1.29, 1.82) is 0 Å². The summed E-state index contributed by atoms with van der Waals surface area (Å²) >= 11 is 5.95. The number of nitrogens with zero attached hydrogens (tertiary/aromatic N) is 2. The third-order valence-corrected chi connectivity index (χ3v) is 5.07. The van der Waals surface area contributed by atoms with Crippen LogP contribution in [0.2, 0.25) is 5.02 Å². The Balaban J connectivity index is 1.99. The van der Waals surface area contributed by atoms with Crippen LogP contribution >= 0.6 is 11.6 Å². The molecule has 1 aliphatic heterocycles. The Morgan fingerprint density at radius 2 is 2.09 bits per heavy atom. The maximum atomic E-state index is 12.5. The van der Waals surface area contributed by atoms with E-state index >= 15 is 0 Å². The number of anilines is 1. The lowest BCUT2D eigenvalue weighted by Crippen LogP contribution is -2.27. The zero-order valence-electron chi connectivity index (χ0n) is 13.2. The summed E-state index contributed by atoms with van der Waals surface area (Å²) in [5, 5.41) is 8.00. The van der Waals surface area contributed by atoms with Crippen molar-refractivity contribution in [3.63, 3.8) is 0 Å². The number of benzene rings is 1. The molecular formula is C16H18ClN3O2S. The summed E-state index contributed by atoms with van der Waals surface area (Å²) < 4.78 is 13.6. The average Bonchev–Trinajstić information content (AvgIpc) is 2.96. The van der Waals surface area contributed by atoms with Crippen LogP contribution in [0.3, 0.4) is 0 Å². The first-order valence-corrected chi connectivity index (χ1v) is 9.15. The summed E-state index contributed by atoms with van der Waals surface area (Å²) in [5.74, 6) is 1.25. The van der Waals surface area contributed by atoms with E-state index in [-0.39, 0.29) is 11.4 Å². The van der Waals surface area contributed by atoms with Crippen LogP contribution in [0.15, 0.2) is 24.3 Å². The molecule has 23 heavy (non-hydrogen) atoms. The summed E-state index contributed by atoms with van der Waals surface area (Å²) in [4.78, 5) is 12.5. The predicted octanol–water partition coefficient (Wildman–Crippen LogP) is 3.31. The Kier molecular flexibility index (Phi) is 4.06. The van der Waals surface area contributed by atoms with E-state index < -0.39 is 10.8 Å². The normalized spacial score (nSPS) is 17.1. The van der Waals surface area contributed by atoms with Crippen molar-refractivity contribution in [2.45, 2.75) is 37.8 Å². The summed E-state index contributed by atoms with van der Waals surface area (Å²) in [6.45, 7) is 6.05. The zero-order valence-corrected chi connectivity index (χ0v) is 14.8. The first-order chi connectivity index (χ1) is 10.8. The van der Waals surface area contributed by atoms with Crippen LogP contribution in [-0.4, -0.2) is 19.9 Å². The third-order valence-electron chi connectivity index (χ3n) is 3.62. The molecule has 3 rings (SSSR count). The Morgan fingerprint density at radius 3 is 2.74 bits per heavy atom. The standard InChI is InChI=1S/C16H18ClN3O2S/c1-16(2,3)20-14(12-8-23(22)9-13(12)19-20)18-15(21)10-5-4-6-11(17)7-10/h4-7H,8-9H2,1-3H3,(H,18,21)/t23-/m0/s1. The lowest BCUT2D eigenvalue weighted by Gasteiger charge is -2.23. The number of rotatable bonds is 2. The van der Waals surface area contributed by atoms with E-state index in [2.05, 4.69) is 10.4 Å². The fourth-order valence-electron chi connectivity index (χ4n) is 2.55. The van der Waals surface area contributed by atoms with Gasteiger partial charge in [-0.1, -0.05) is 17.7 Å². The topological polar surface area (TPSA) is 64.0 Å². The van der Waals surface area contributed by atoms with Gasteiger partial charge in [-0.3, -0.25) is 9.00 Å². The van der Waals surface area contributed by atoms with Gasteiger partial charge in [-0.2, -0.15) is 5.10 Å². The molecule has 1 aromatic heterocycles. The van der Waals surface area contributed by atoms with E-state index in [9.17, 15) is 9.00 Å². The molecule has 7 heteroatoms. The van der Waals surface area contributed by atoms with Crippen molar-refractivity contribution in [1.82, 2.24) is 9.78 Å². The molecule has 2 aromatic rings. The van der Waals surface area contributed by atoms with E-state index in [4.69, 9.17) is 11.6 Å². The molecule has 0 unspecified atom stereocenters. The van der Waals surface area contributed by atoms with Crippen LogP contribution in [0.25, 0.3) is 0 Å². The van der Waals surface area contributed by atoms with Gasteiger partial charge < -0.3 is 5.32 Å². The lowest BCUT2D eigenvalue weighted by atomic mass is 10.1. The molecule has 1 amide bonds.